The van der Waals surface area contributed by atoms with E-state index in [9.17, 15) is 19.2 Å². The molecule has 0 aliphatic carbocycles. The molecule has 6 nitrogen and oxygen atoms in total. The average Bonchev–Trinajstić information content (AvgIpc) is 3.08. The number of ether oxygens (including phenoxy) is 2. The summed E-state index contributed by atoms with van der Waals surface area (Å²) >= 11 is 0. The van der Waals surface area contributed by atoms with Gasteiger partial charge in [-0.15, -0.1) is 0 Å². The molecule has 0 saturated heterocycles. The second-order valence-electron chi connectivity index (χ2n) is 9.70. The summed E-state index contributed by atoms with van der Waals surface area (Å²) in [4.78, 5) is 48.8. The first-order chi connectivity index (χ1) is 21.3. The molecule has 0 bridgehead atoms. The van der Waals surface area contributed by atoms with Crippen LogP contribution in [-0.2, 0) is 0 Å². The van der Waals surface area contributed by atoms with Crippen molar-refractivity contribution in [2.75, 3.05) is 0 Å². The Morgan fingerprint density at radius 3 is 0.955 bits per heavy atom. The smallest absolute Gasteiger partial charge is 0.343 e. The van der Waals surface area contributed by atoms with Crippen molar-refractivity contribution in [3.63, 3.8) is 0 Å². The minimum absolute atomic E-state index is 0.140. The van der Waals surface area contributed by atoms with Gasteiger partial charge in [0.05, 0.1) is 11.1 Å². The lowest BCUT2D eigenvalue weighted by Gasteiger charge is -2.08. The van der Waals surface area contributed by atoms with Gasteiger partial charge in [-0.2, -0.15) is 0 Å². The van der Waals surface area contributed by atoms with Crippen LogP contribution in [0.2, 0.25) is 0 Å². The summed E-state index contributed by atoms with van der Waals surface area (Å²) < 4.78 is 11.0. The molecule has 44 heavy (non-hydrogen) atoms. The minimum Gasteiger partial charge on any atom is -0.423 e. The van der Waals surface area contributed by atoms with Gasteiger partial charge in [-0.1, -0.05) is 86.0 Å². The lowest BCUT2D eigenvalue weighted by Crippen LogP contribution is -2.10. The fraction of sp³-hybridized carbons (Fsp3) is 0. The third-order valence-corrected chi connectivity index (χ3v) is 6.86. The molecule has 0 amide bonds. The summed E-state index contributed by atoms with van der Waals surface area (Å²) in [7, 11) is 0. The van der Waals surface area contributed by atoms with Crippen molar-refractivity contribution in [3.8, 4) is 33.8 Å². The molecule has 5 rings (SSSR count). The second kappa shape index (κ2) is 13.2. The van der Waals surface area contributed by atoms with Crippen LogP contribution in [0.3, 0.4) is 0 Å². The van der Waals surface area contributed by atoms with Crippen molar-refractivity contribution in [2.45, 2.75) is 0 Å². The second-order valence-corrected chi connectivity index (χ2v) is 9.70. The molecular formula is C38H26O6. The summed E-state index contributed by atoms with van der Waals surface area (Å²) in [5, 5.41) is 0. The van der Waals surface area contributed by atoms with E-state index in [1.54, 1.807) is 60.7 Å². The molecule has 0 fully saturated rings. The van der Waals surface area contributed by atoms with Gasteiger partial charge < -0.3 is 9.47 Å². The van der Waals surface area contributed by atoms with Gasteiger partial charge in [0.1, 0.15) is 11.5 Å². The number of hydrogen-bond donors (Lipinski definition) is 0. The Hall–Kier alpha value is -6.14. The molecule has 5 aromatic rings. The maximum absolute atomic E-state index is 12.7. The van der Waals surface area contributed by atoms with E-state index in [2.05, 4.69) is 13.2 Å². The maximum Gasteiger partial charge on any atom is 0.343 e. The molecule has 0 N–H and O–H groups in total. The molecule has 0 radical (unpaired) electrons. The Morgan fingerprint density at radius 2 is 0.636 bits per heavy atom. The van der Waals surface area contributed by atoms with Crippen molar-refractivity contribution in [2.24, 2.45) is 0 Å². The molecule has 6 heteroatoms. The molecule has 0 aliphatic heterocycles. The van der Waals surface area contributed by atoms with Crippen LogP contribution < -0.4 is 9.47 Å². The molecule has 0 atom stereocenters. The van der Waals surface area contributed by atoms with E-state index in [0.29, 0.717) is 28.0 Å². The molecule has 0 unspecified atom stereocenters. The largest absolute Gasteiger partial charge is 0.423 e. The zero-order valence-electron chi connectivity index (χ0n) is 23.6. The highest BCUT2D eigenvalue weighted by Gasteiger charge is 2.13. The van der Waals surface area contributed by atoms with Crippen LogP contribution in [0.5, 0.6) is 11.5 Å². The van der Waals surface area contributed by atoms with Gasteiger partial charge in [-0.3, -0.25) is 9.59 Å². The molecule has 0 heterocycles. The molecule has 5 aromatic carbocycles. The number of carbonyl (C=O) groups excluding carboxylic acids is 4. The van der Waals surface area contributed by atoms with Gasteiger partial charge in [0.25, 0.3) is 0 Å². The van der Waals surface area contributed by atoms with E-state index < -0.39 is 11.9 Å². The number of esters is 2. The predicted octanol–water partition coefficient (Wildman–Crippen LogP) is 8.20. The predicted molar refractivity (Wildman–Crippen MR) is 169 cm³/mol. The first kappa shape index (κ1) is 29.4. The quantitative estimate of drug-likeness (QED) is 0.0719. The fourth-order valence-corrected chi connectivity index (χ4v) is 4.39. The van der Waals surface area contributed by atoms with Crippen molar-refractivity contribution >= 4 is 23.5 Å². The lowest BCUT2D eigenvalue weighted by molar-refractivity contribution is 0.0730. The number of ketones is 2. The monoisotopic (exact) mass is 578 g/mol. The SMILES string of the molecule is C=CC(=O)c1ccc(-c2ccc(OC(=O)c3ccc(OC(=O)c4ccc(-c5ccc(C(=O)C=C)cc5)cc4)cc3)cc2)cc1. The fourth-order valence-electron chi connectivity index (χ4n) is 4.39. The first-order valence-corrected chi connectivity index (χ1v) is 13.6. The number of allylic oxidation sites excluding steroid dienone is 2. The Labute approximate surface area is 254 Å². The van der Waals surface area contributed by atoms with E-state index in [1.165, 1.54) is 36.4 Å². The topological polar surface area (TPSA) is 86.7 Å². The standard InChI is InChI=1S/C38H26O6/c1-3-35(39)29-11-5-25(6-12-29)27-9-15-31(16-10-27)37(41)44-34-23-19-32(20-24-34)38(42)43-33-21-17-28(18-22-33)26-7-13-30(14-8-26)36(40)4-2/h3-24H,1-2H2. The molecule has 0 aliphatic rings. The summed E-state index contributed by atoms with van der Waals surface area (Å²) in [6, 6.07) is 34.3. The zero-order valence-corrected chi connectivity index (χ0v) is 23.6. The van der Waals surface area contributed by atoms with Gasteiger partial charge in [-0.25, -0.2) is 9.59 Å². The van der Waals surface area contributed by atoms with Crippen molar-refractivity contribution in [3.05, 3.63) is 169 Å². The van der Waals surface area contributed by atoms with Gasteiger partial charge in [0.15, 0.2) is 11.6 Å². The van der Waals surface area contributed by atoms with Crippen LogP contribution in [0, 0.1) is 0 Å². The average molecular weight is 579 g/mol. The molecule has 0 saturated carbocycles. The summed E-state index contributed by atoms with van der Waals surface area (Å²) in [6.45, 7) is 6.99. The molecular weight excluding hydrogens is 552 g/mol. The first-order valence-electron chi connectivity index (χ1n) is 13.6. The van der Waals surface area contributed by atoms with Crippen LogP contribution in [0.15, 0.2) is 147 Å². The Balaban J connectivity index is 1.16. The van der Waals surface area contributed by atoms with Gasteiger partial charge in [0, 0.05) is 11.1 Å². The minimum atomic E-state index is -0.555. The normalized spacial score (nSPS) is 10.4. The van der Waals surface area contributed by atoms with Crippen molar-refractivity contribution in [1.82, 2.24) is 0 Å². The van der Waals surface area contributed by atoms with Crippen LogP contribution in [0.4, 0.5) is 0 Å². The van der Waals surface area contributed by atoms with Gasteiger partial charge in [-0.05, 0) is 82.9 Å². The van der Waals surface area contributed by atoms with E-state index >= 15 is 0 Å². The van der Waals surface area contributed by atoms with E-state index in [4.69, 9.17) is 9.47 Å². The molecule has 0 aromatic heterocycles. The third kappa shape index (κ3) is 6.83. The number of benzene rings is 5. The van der Waals surface area contributed by atoms with Crippen molar-refractivity contribution in [1.29, 1.82) is 0 Å². The maximum atomic E-state index is 12.7. The van der Waals surface area contributed by atoms with Crippen LogP contribution >= 0.6 is 0 Å². The van der Waals surface area contributed by atoms with Gasteiger partial charge in [0.2, 0.25) is 0 Å². The summed E-state index contributed by atoms with van der Waals surface area (Å²) in [6.07, 6.45) is 2.55. The number of rotatable bonds is 10. The highest BCUT2D eigenvalue weighted by Crippen LogP contribution is 2.25. The third-order valence-electron chi connectivity index (χ3n) is 6.86. The van der Waals surface area contributed by atoms with Crippen LogP contribution in [0.25, 0.3) is 22.3 Å². The summed E-state index contributed by atoms with van der Waals surface area (Å²) in [5.74, 6) is -0.727. The Morgan fingerprint density at radius 1 is 0.386 bits per heavy atom. The summed E-state index contributed by atoms with van der Waals surface area (Å²) in [5.41, 5.74) is 5.37. The highest BCUT2D eigenvalue weighted by molar-refractivity contribution is 6.05. The van der Waals surface area contributed by atoms with E-state index in [1.807, 2.05) is 36.4 Å². The molecule has 214 valence electrons. The van der Waals surface area contributed by atoms with Crippen LogP contribution in [0.1, 0.15) is 41.4 Å². The highest BCUT2D eigenvalue weighted by atomic mass is 16.5. The Kier molecular flexibility index (Phi) is 8.83. The molecule has 0 spiro atoms. The zero-order chi connectivity index (χ0) is 31.1. The lowest BCUT2D eigenvalue weighted by atomic mass is 10.0. The van der Waals surface area contributed by atoms with Gasteiger partial charge >= 0.3 is 11.9 Å². The Bertz CT molecular complexity index is 1850. The van der Waals surface area contributed by atoms with E-state index in [-0.39, 0.29) is 17.3 Å². The number of hydrogen-bond acceptors (Lipinski definition) is 6. The van der Waals surface area contributed by atoms with Crippen LogP contribution in [-0.4, -0.2) is 23.5 Å². The number of carbonyl (C=O) groups is 4. The van der Waals surface area contributed by atoms with Crippen molar-refractivity contribution < 1.29 is 28.7 Å². The van der Waals surface area contributed by atoms with E-state index in [0.717, 1.165) is 22.3 Å².